The molecule has 0 bridgehead atoms. The van der Waals surface area contributed by atoms with Gasteiger partial charge in [0.15, 0.2) is 0 Å². The second-order valence-corrected chi connectivity index (χ2v) is 7.54. The monoisotopic (exact) mass is 392 g/mol. The fraction of sp³-hybridized carbons (Fsp3) is 0.217. The van der Waals surface area contributed by atoms with Crippen LogP contribution in [0.25, 0.3) is 10.8 Å². The van der Waals surface area contributed by atoms with Crippen molar-refractivity contribution in [3.05, 3.63) is 76.8 Å². The first-order chi connectivity index (χ1) is 13.5. The van der Waals surface area contributed by atoms with E-state index in [0.717, 1.165) is 22.8 Å². The Morgan fingerprint density at radius 1 is 1.07 bits per heavy atom. The molecule has 1 saturated heterocycles. The molecule has 0 unspecified atom stereocenters. The fourth-order valence-corrected chi connectivity index (χ4v) is 3.69. The molecule has 2 amide bonds. The summed E-state index contributed by atoms with van der Waals surface area (Å²) < 4.78 is 0. The van der Waals surface area contributed by atoms with E-state index in [1.165, 1.54) is 0 Å². The molecule has 0 spiro atoms. The number of rotatable bonds is 4. The minimum Gasteiger partial charge on any atom is -0.324 e. The zero-order valence-electron chi connectivity index (χ0n) is 15.7. The summed E-state index contributed by atoms with van der Waals surface area (Å²) in [5.41, 5.74) is 2.22. The van der Waals surface area contributed by atoms with Gasteiger partial charge in [0.05, 0.1) is 0 Å². The molecule has 1 fully saturated rings. The molecule has 0 saturated carbocycles. The van der Waals surface area contributed by atoms with Crippen molar-refractivity contribution in [2.45, 2.75) is 19.8 Å². The first-order valence-corrected chi connectivity index (χ1v) is 9.75. The van der Waals surface area contributed by atoms with Crippen LogP contribution in [0.2, 0.25) is 5.02 Å². The third kappa shape index (κ3) is 3.60. The van der Waals surface area contributed by atoms with E-state index in [1.54, 1.807) is 15.9 Å². The number of anilines is 1. The lowest BCUT2D eigenvalue weighted by Crippen LogP contribution is -2.42. The molecule has 0 aromatic heterocycles. The van der Waals surface area contributed by atoms with Crippen LogP contribution < -0.4 is 4.90 Å². The van der Waals surface area contributed by atoms with E-state index in [-0.39, 0.29) is 18.5 Å². The molecule has 1 aliphatic heterocycles. The summed E-state index contributed by atoms with van der Waals surface area (Å²) in [4.78, 5) is 28.9. The van der Waals surface area contributed by atoms with Crippen LogP contribution in [0.1, 0.15) is 28.8 Å². The van der Waals surface area contributed by atoms with E-state index in [9.17, 15) is 9.59 Å². The van der Waals surface area contributed by atoms with E-state index < -0.39 is 0 Å². The molecule has 0 atom stereocenters. The summed E-state index contributed by atoms with van der Waals surface area (Å²) in [6, 6.07) is 19.2. The second kappa shape index (κ2) is 7.64. The van der Waals surface area contributed by atoms with Crippen molar-refractivity contribution in [2.75, 3.05) is 18.1 Å². The van der Waals surface area contributed by atoms with Crippen LogP contribution in [0.4, 0.5) is 5.69 Å². The zero-order valence-corrected chi connectivity index (χ0v) is 16.4. The summed E-state index contributed by atoms with van der Waals surface area (Å²) in [5.74, 6) is -0.0695. The van der Waals surface area contributed by atoms with E-state index in [2.05, 4.69) is 0 Å². The highest BCUT2D eigenvalue weighted by molar-refractivity contribution is 6.31. The van der Waals surface area contributed by atoms with Gasteiger partial charge in [0.2, 0.25) is 5.91 Å². The highest BCUT2D eigenvalue weighted by atomic mass is 35.5. The minimum absolute atomic E-state index is 0.0783. The number of fused-ring (bicyclic) bond motifs is 1. The van der Waals surface area contributed by atoms with Crippen LogP contribution in [-0.2, 0) is 4.79 Å². The molecule has 3 aromatic carbocycles. The van der Waals surface area contributed by atoms with E-state index in [0.29, 0.717) is 29.2 Å². The van der Waals surface area contributed by atoms with E-state index in [1.807, 2.05) is 61.5 Å². The second-order valence-electron chi connectivity index (χ2n) is 7.13. The molecule has 4 nitrogen and oxygen atoms in total. The van der Waals surface area contributed by atoms with Gasteiger partial charge in [-0.3, -0.25) is 14.5 Å². The zero-order chi connectivity index (χ0) is 19.7. The number of benzene rings is 3. The number of hydrogen-bond acceptors (Lipinski definition) is 2. The molecule has 142 valence electrons. The maximum Gasteiger partial charge on any atom is 0.259 e. The summed E-state index contributed by atoms with van der Waals surface area (Å²) in [5, 5.41) is 2.69. The highest BCUT2D eigenvalue weighted by Crippen LogP contribution is 2.26. The number of carbonyl (C=O) groups is 2. The minimum atomic E-state index is -0.148. The number of nitrogens with zero attached hydrogens (tertiary/aromatic N) is 2. The summed E-state index contributed by atoms with van der Waals surface area (Å²) in [6.07, 6.45) is 1.36. The Bertz CT molecular complexity index is 1060. The highest BCUT2D eigenvalue weighted by Gasteiger charge is 2.26. The number of amides is 2. The van der Waals surface area contributed by atoms with Gasteiger partial charge in [-0.15, -0.1) is 0 Å². The van der Waals surface area contributed by atoms with Crippen molar-refractivity contribution in [3.63, 3.8) is 0 Å². The maximum absolute atomic E-state index is 13.4. The van der Waals surface area contributed by atoms with Gasteiger partial charge in [-0.05, 0) is 53.9 Å². The molecule has 4 rings (SSSR count). The van der Waals surface area contributed by atoms with Crippen LogP contribution in [0.15, 0.2) is 60.7 Å². The number of carbonyl (C=O) groups excluding carboxylic acids is 2. The number of halogens is 1. The van der Waals surface area contributed by atoms with Gasteiger partial charge in [0, 0.05) is 29.2 Å². The van der Waals surface area contributed by atoms with Gasteiger partial charge in [-0.25, -0.2) is 0 Å². The largest absolute Gasteiger partial charge is 0.324 e. The number of aryl methyl sites for hydroxylation is 1. The third-order valence-electron chi connectivity index (χ3n) is 5.19. The van der Waals surface area contributed by atoms with Crippen LogP contribution in [0, 0.1) is 6.92 Å². The molecule has 0 N–H and O–H groups in total. The predicted octanol–water partition coefficient (Wildman–Crippen LogP) is 5.03. The van der Waals surface area contributed by atoms with Crippen molar-refractivity contribution in [2.24, 2.45) is 0 Å². The maximum atomic E-state index is 13.4. The van der Waals surface area contributed by atoms with Crippen molar-refractivity contribution in [3.8, 4) is 0 Å². The van der Waals surface area contributed by atoms with Crippen molar-refractivity contribution in [1.82, 2.24) is 4.90 Å². The predicted molar refractivity (Wildman–Crippen MR) is 113 cm³/mol. The van der Waals surface area contributed by atoms with Crippen LogP contribution in [0.5, 0.6) is 0 Å². The van der Waals surface area contributed by atoms with Gasteiger partial charge in [0.1, 0.15) is 6.67 Å². The van der Waals surface area contributed by atoms with Gasteiger partial charge in [0.25, 0.3) is 5.91 Å². The Balaban J connectivity index is 1.72. The Morgan fingerprint density at radius 2 is 1.86 bits per heavy atom. The first kappa shape index (κ1) is 18.5. The van der Waals surface area contributed by atoms with Crippen LogP contribution in [0.3, 0.4) is 0 Å². The molecular weight excluding hydrogens is 372 g/mol. The fourth-order valence-electron chi connectivity index (χ4n) is 3.52. The molecule has 5 heteroatoms. The number of hydrogen-bond donors (Lipinski definition) is 0. The Labute approximate surface area is 169 Å². The molecule has 0 aliphatic carbocycles. The standard InChI is InChI=1S/C23H21ClN2O2/c1-16-8-11-20(14-21(16)24)26(15-25-12-4-7-22(25)27)23(28)19-10-9-17-5-2-3-6-18(17)13-19/h2-3,5-6,8-11,13-14H,4,7,12,15H2,1H3. The van der Waals surface area contributed by atoms with Gasteiger partial charge in [-0.1, -0.05) is 48.0 Å². The lowest BCUT2D eigenvalue weighted by Gasteiger charge is -2.28. The first-order valence-electron chi connectivity index (χ1n) is 9.37. The Kier molecular flexibility index (Phi) is 5.05. The Morgan fingerprint density at radius 3 is 2.57 bits per heavy atom. The quantitative estimate of drug-likeness (QED) is 0.624. The normalized spacial score (nSPS) is 13.9. The lowest BCUT2D eigenvalue weighted by molar-refractivity contribution is -0.127. The Hall–Kier alpha value is -2.85. The molecule has 0 radical (unpaired) electrons. The topological polar surface area (TPSA) is 40.6 Å². The summed E-state index contributed by atoms with van der Waals surface area (Å²) in [6.45, 7) is 2.81. The van der Waals surface area contributed by atoms with Crippen molar-refractivity contribution < 1.29 is 9.59 Å². The SMILES string of the molecule is Cc1ccc(N(CN2CCCC2=O)C(=O)c2ccc3ccccc3c2)cc1Cl. The molecule has 1 aliphatic rings. The molecule has 3 aromatic rings. The van der Waals surface area contributed by atoms with Gasteiger partial charge in [-0.2, -0.15) is 0 Å². The number of likely N-dealkylation sites (tertiary alicyclic amines) is 1. The van der Waals surface area contributed by atoms with Gasteiger partial charge >= 0.3 is 0 Å². The molecule has 1 heterocycles. The van der Waals surface area contributed by atoms with Crippen molar-refractivity contribution in [1.29, 1.82) is 0 Å². The van der Waals surface area contributed by atoms with E-state index >= 15 is 0 Å². The molecule has 28 heavy (non-hydrogen) atoms. The van der Waals surface area contributed by atoms with E-state index in [4.69, 9.17) is 11.6 Å². The van der Waals surface area contributed by atoms with Gasteiger partial charge < -0.3 is 4.90 Å². The third-order valence-corrected chi connectivity index (χ3v) is 5.60. The average molecular weight is 393 g/mol. The van der Waals surface area contributed by atoms with Crippen LogP contribution >= 0.6 is 11.6 Å². The van der Waals surface area contributed by atoms with Crippen molar-refractivity contribution >= 4 is 39.9 Å². The lowest BCUT2D eigenvalue weighted by atomic mass is 10.1. The molecular formula is C23H21ClN2O2. The summed E-state index contributed by atoms with van der Waals surface area (Å²) in [7, 11) is 0. The summed E-state index contributed by atoms with van der Waals surface area (Å²) >= 11 is 6.31. The van der Waals surface area contributed by atoms with Crippen LogP contribution in [-0.4, -0.2) is 29.9 Å². The smallest absolute Gasteiger partial charge is 0.259 e. The average Bonchev–Trinajstić information content (AvgIpc) is 3.12.